The van der Waals surface area contributed by atoms with Crippen LogP contribution in [0.4, 0.5) is 0 Å². The first kappa shape index (κ1) is 17.8. The smallest absolute Gasteiger partial charge is 0.321 e. The highest BCUT2D eigenvalue weighted by molar-refractivity contribution is 9.12. The van der Waals surface area contributed by atoms with Gasteiger partial charge in [-0.15, -0.1) is 0 Å². The molecule has 0 aromatic heterocycles. The summed E-state index contributed by atoms with van der Waals surface area (Å²) in [4.78, 5) is 18.6. The minimum Gasteiger partial charge on any atom is -0.321 e. The van der Waals surface area contributed by atoms with Crippen molar-refractivity contribution in [3.05, 3.63) is 11.4 Å². The highest BCUT2D eigenvalue weighted by Gasteiger charge is 2.23. The van der Waals surface area contributed by atoms with E-state index in [0.717, 1.165) is 5.33 Å². The lowest BCUT2D eigenvalue weighted by molar-refractivity contribution is 0.380. The maximum absolute atomic E-state index is 11.2. The van der Waals surface area contributed by atoms with Gasteiger partial charge in [-0.05, 0) is 12.8 Å². The molecule has 2 atom stereocenters. The summed E-state index contributed by atoms with van der Waals surface area (Å²) in [6, 6.07) is 0. The lowest BCUT2D eigenvalue weighted by Gasteiger charge is -2.13. The largest absolute Gasteiger partial charge is 0.351 e. The topological polar surface area (TPSA) is 57.5 Å². The predicted molar refractivity (Wildman–Crippen MR) is 82.4 cm³/mol. The van der Waals surface area contributed by atoms with Crippen molar-refractivity contribution in [3.8, 4) is 0 Å². The minimum atomic E-state index is -4.14. The van der Waals surface area contributed by atoms with Gasteiger partial charge in [0, 0.05) is 25.6 Å². The zero-order valence-electron chi connectivity index (χ0n) is 8.32. The molecular formula is C8H13Br4O3P. The van der Waals surface area contributed by atoms with Crippen LogP contribution in [-0.2, 0) is 4.57 Å². The molecule has 0 spiro atoms. The second kappa shape index (κ2) is 8.83. The lowest BCUT2D eigenvalue weighted by Crippen LogP contribution is -2.03. The van der Waals surface area contributed by atoms with Gasteiger partial charge in [0.25, 0.3) is 0 Å². The van der Waals surface area contributed by atoms with Gasteiger partial charge in [-0.2, -0.15) is 0 Å². The minimum absolute atomic E-state index is 0.0316. The van der Waals surface area contributed by atoms with Crippen molar-refractivity contribution in [2.45, 2.75) is 22.5 Å². The monoisotopic (exact) mass is 504 g/mol. The van der Waals surface area contributed by atoms with Crippen LogP contribution in [0.15, 0.2) is 11.4 Å². The van der Waals surface area contributed by atoms with Crippen LogP contribution >= 0.6 is 71.3 Å². The molecule has 0 bridgehead atoms. The molecule has 0 aliphatic heterocycles. The van der Waals surface area contributed by atoms with E-state index in [1.165, 1.54) is 0 Å². The number of allylic oxidation sites excluding steroid dienone is 2. The molecule has 0 rings (SSSR count). The first-order chi connectivity index (χ1) is 7.31. The Balaban J connectivity index is 4.62. The molecule has 0 aromatic carbocycles. The molecule has 0 aliphatic carbocycles. The summed E-state index contributed by atoms with van der Waals surface area (Å²) < 4.78 is 11.2. The first-order valence-electron chi connectivity index (χ1n) is 4.46. The van der Waals surface area contributed by atoms with E-state index < -0.39 is 7.60 Å². The van der Waals surface area contributed by atoms with E-state index in [4.69, 9.17) is 0 Å². The predicted octanol–water partition coefficient (Wildman–Crippen LogP) is 4.15. The third kappa shape index (κ3) is 8.01. The molecule has 96 valence electrons. The van der Waals surface area contributed by atoms with E-state index in [-0.39, 0.29) is 15.0 Å². The third-order valence-corrected chi connectivity index (χ3v) is 7.51. The zero-order chi connectivity index (χ0) is 12.8. The van der Waals surface area contributed by atoms with E-state index in [0.29, 0.717) is 18.2 Å². The van der Waals surface area contributed by atoms with Crippen LogP contribution in [0.2, 0.25) is 0 Å². The number of rotatable bonds is 7. The summed E-state index contributed by atoms with van der Waals surface area (Å²) in [5.74, 6) is 0. The molecule has 8 heteroatoms. The number of hydrogen-bond acceptors (Lipinski definition) is 1. The summed E-state index contributed by atoms with van der Waals surface area (Å²) in [6.07, 6.45) is 2.56. The summed E-state index contributed by atoms with van der Waals surface area (Å²) in [7, 11) is -4.14. The maximum atomic E-state index is 11.2. The Labute approximate surface area is 129 Å². The molecule has 0 heterocycles. The van der Waals surface area contributed by atoms with Gasteiger partial charge in [0.2, 0.25) is 0 Å². The summed E-state index contributed by atoms with van der Waals surface area (Å²) in [6.45, 7) is 0. The van der Waals surface area contributed by atoms with Crippen molar-refractivity contribution in [3.63, 3.8) is 0 Å². The number of halogens is 4. The van der Waals surface area contributed by atoms with Crippen molar-refractivity contribution in [1.29, 1.82) is 0 Å². The van der Waals surface area contributed by atoms with Crippen molar-refractivity contribution in [2.24, 2.45) is 0 Å². The molecule has 0 saturated heterocycles. The Kier molecular flexibility index (Phi) is 9.83. The highest BCUT2D eigenvalue weighted by Crippen LogP contribution is 2.48. The second-order valence-corrected chi connectivity index (χ2v) is 8.73. The molecule has 3 nitrogen and oxygen atoms in total. The van der Waals surface area contributed by atoms with E-state index in [9.17, 15) is 14.4 Å². The SMILES string of the molecule is O=P(O)(O)C(=CCC(Br)CBr)CC(Br)CBr. The van der Waals surface area contributed by atoms with Crippen LogP contribution in [0.1, 0.15) is 12.8 Å². The van der Waals surface area contributed by atoms with Gasteiger partial charge in [-0.3, -0.25) is 4.57 Å². The van der Waals surface area contributed by atoms with E-state index in [2.05, 4.69) is 63.7 Å². The molecule has 0 amide bonds. The van der Waals surface area contributed by atoms with Crippen LogP contribution in [0.3, 0.4) is 0 Å². The van der Waals surface area contributed by atoms with Gasteiger partial charge >= 0.3 is 7.60 Å². The van der Waals surface area contributed by atoms with E-state index in [1.54, 1.807) is 6.08 Å². The molecular weight excluding hydrogens is 495 g/mol. The standard InChI is InChI=1S/C8H13Br4O3P/c9-4-6(11)1-2-8(16(13,14)15)3-7(12)5-10/h2,6-7H,1,3-5H2,(H2,13,14,15). The lowest BCUT2D eigenvalue weighted by atomic mass is 10.2. The molecule has 0 radical (unpaired) electrons. The molecule has 2 N–H and O–H groups in total. The molecule has 0 fully saturated rings. The molecule has 16 heavy (non-hydrogen) atoms. The molecule has 0 aromatic rings. The Bertz CT molecular complexity index is 278. The Morgan fingerprint density at radius 2 is 1.69 bits per heavy atom. The Hall–Kier alpha value is 1.81. The van der Waals surface area contributed by atoms with Gasteiger partial charge in [0.1, 0.15) is 0 Å². The quantitative estimate of drug-likeness (QED) is 0.402. The molecule has 2 unspecified atom stereocenters. The van der Waals surface area contributed by atoms with Crippen LogP contribution in [-0.4, -0.2) is 30.1 Å². The van der Waals surface area contributed by atoms with Gasteiger partial charge in [0.05, 0.1) is 0 Å². The normalized spacial score (nSPS) is 17.2. The van der Waals surface area contributed by atoms with Crippen molar-refractivity contribution >= 4 is 71.3 Å². The number of hydrogen-bond donors (Lipinski definition) is 2. The summed E-state index contributed by atoms with van der Waals surface area (Å²) in [5, 5.41) is 1.59. The highest BCUT2D eigenvalue weighted by atomic mass is 79.9. The Morgan fingerprint density at radius 1 is 1.19 bits per heavy atom. The van der Waals surface area contributed by atoms with E-state index >= 15 is 0 Å². The zero-order valence-corrected chi connectivity index (χ0v) is 15.6. The molecule has 0 aliphatic rings. The van der Waals surface area contributed by atoms with Crippen molar-refractivity contribution in [1.82, 2.24) is 0 Å². The van der Waals surface area contributed by atoms with E-state index in [1.807, 2.05) is 0 Å². The fourth-order valence-corrected chi connectivity index (χ4v) is 3.01. The number of alkyl halides is 4. The fourth-order valence-electron chi connectivity index (χ4n) is 0.930. The van der Waals surface area contributed by atoms with Gasteiger partial charge in [-0.25, -0.2) is 0 Å². The molecule has 0 saturated carbocycles. The first-order valence-corrected chi connectivity index (χ1v) is 10.1. The average Bonchev–Trinajstić information content (AvgIpc) is 2.21. The van der Waals surface area contributed by atoms with Crippen LogP contribution in [0.5, 0.6) is 0 Å². The summed E-state index contributed by atoms with van der Waals surface area (Å²) >= 11 is 13.3. The van der Waals surface area contributed by atoms with Crippen LogP contribution in [0.25, 0.3) is 0 Å². The summed E-state index contributed by atoms with van der Waals surface area (Å²) in [5.41, 5.74) is 0. The second-order valence-electron chi connectivity index (χ2n) is 3.18. The third-order valence-electron chi connectivity index (χ3n) is 1.75. The van der Waals surface area contributed by atoms with Crippen LogP contribution in [0, 0.1) is 0 Å². The van der Waals surface area contributed by atoms with Gasteiger partial charge in [-0.1, -0.05) is 69.8 Å². The van der Waals surface area contributed by atoms with Crippen LogP contribution < -0.4 is 0 Å². The van der Waals surface area contributed by atoms with Gasteiger partial charge in [0.15, 0.2) is 0 Å². The average molecular weight is 508 g/mol. The van der Waals surface area contributed by atoms with Crippen molar-refractivity contribution in [2.75, 3.05) is 10.7 Å². The maximum Gasteiger partial charge on any atom is 0.351 e. The van der Waals surface area contributed by atoms with Crippen molar-refractivity contribution < 1.29 is 14.4 Å². The fraction of sp³-hybridized carbons (Fsp3) is 0.750. The Morgan fingerprint density at radius 3 is 2.06 bits per heavy atom. The van der Waals surface area contributed by atoms with Gasteiger partial charge < -0.3 is 9.79 Å².